The highest BCUT2D eigenvalue weighted by molar-refractivity contribution is 7.99. The second-order valence-corrected chi connectivity index (χ2v) is 6.67. The van der Waals surface area contributed by atoms with Gasteiger partial charge in [0.15, 0.2) is 6.29 Å². The molecule has 1 aromatic carbocycles. The maximum absolute atomic E-state index is 13.3. The number of nitrogens with one attached hydrogen (secondary N) is 1. The number of carbonyl (C=O) groups excluding carboxylic acids is 1. The Labute approximate surface area is 165 Å². The summed E-state index contributed by atoms with van der Waals surface area (Å²) in [6.07, 6.45) is 0.216. The molecule has 0 amide bonds. The van der Waals surface area contributed by atoms with Gasteiger partial charge in [-0.05, 0) is 29.8 Å². The quantitative estimate of drug-likeness (QED) is 0.541. The Morgan fingerprint density at radius 2 is 1.96 bits per heavy atom. The van der Waals surface area contributed by atoms with Gasteiger partial charge in [0.2, 0.25) is 0 Å². The van der Waals surface area contributed by atoms with Crippen LogP contribution in [0, 0.1) is 11.3 Å². The van der Waals surface area contributed by atoms with Crippen LogP contribution in [0.5, 0.6) is 0 Å². The molecule has 0 spiro atoms. The highest BCUT2D eigenvalue weighted by Crippen LogP contribution is 2.42. The molecule has 0 aliphatic carbocycles. The minimum absolute atomic E-state index is 0.0219. The molecule has 11 heteroatoms. The Morgan fingerprint density at radius 1 is 1.35 bits per heavy atom. The average molecular weight is 442 g/mol. The van der Waals surface area contributed by atoms with Gasteiger partial charge in [0.1, 0.15) is 11.8 Å². The number of benzene rings is 1. The number of aromatic nitrogens is 1. The summed E-state index contributed by atoms with van der Waals surface area (Å²) in [6, 6.07) is 5.47. The van der Waals surface area contributed by atoms with E-state index >= 15 is 0 Å². The molecule has 0 atom stereocenters. The van der Waals surface area contributed by atoms with Crippen LogP contribution in [0.2, 0.25) is 10.0 Å². The summed E-state index contributed by atoms with van der Waals surface area (Å²) in [7, 11) is 1.00. The van der Waals surface area contributed by atoms with E-state index in [2.05, 4.69) is 0 Å². The van der Waals surface area contributed by atoms with Crippen molar-refractivity contribution in [1.29, 1.82) is 5.26 Å². The first-order chi connectivity index (χ1) is 12.2. The number of hydrogen-bond donors (Lipinski definition) is 2. The molecule has 0 aliphatic heterocycles. The van der Waals surface area contributed by atoms with Crippen LogP contribution in [0.3, 0.4) is 0 Å². The second-order valence-electron chi connectivity index (χ2n) is 4.36. The fourth-order valence-corrected chi connectivity index (χ4v) is 3.48. The number of hydrogen-bond acceptors (Lipinski definition) is 5. The number of nitriles is 1. The molecule has 26 heavy (non-hydrogen) atoms. The molecule has 0 aliphatic rings. The normalized spacial score (nSPS) is 10.5. The van der Waals surface area contributed by atoms with Gasteiger partial charge in [0, 0.05) is 12.0 Å². The van der Waals surface area contributed by atoms with Crippen LogP contribution in [0.4, 0.5) is 8.78 Å². The summed E-state index contributed by atoms with van der Waals surface area (Å²) in [5.41, 5.74) is -2.21. The number of aldehydes is 1. The number of aromatic amines is 1. The topological polar surface area (TPSA) is 93.9 Å². The summed E-state index contributed by atoms with van der Waals surface area (Å²) in [4.78, 5) is 24.8. The lowest BCUT2D eigenvalue weighted by molar-refractivity contribution is 0.0891. The molecule has 2 N–H and O–H groups in total. The van der Waals surface area contributed by atoms with E-state index < -0.39 is 16.6 Å². The maximum atomic E-state index is 13.3. The van der Waals surface area contributed by atoms with Gasteiger partial charge in [0.05, 0.1) is 26.1 Å². The van der Waals surface area contributed by atoms with Crippen molar-refractivity contribution in [2.24, 2.45) is 0 Å². The molecular weight excluding hydrogens is 433 g/mol. The number of nitrogens with zero attached hydrogens (tertiary/aromatic N) is 1. The Morgan fingerprint density at radius 3 is 2.46 bits per heavy atom. The summed E-state index contributed by atoms with van der Waals surface area (Å²) in [6.45, 7) is 0. The largest absolute Gasteiger partial charge is 0.400 e. The van der Waals surface area contributed by atoms with Crippen molar-refractivity contribution >= 4 is 52.9 Å². The number of pyridine rings is 1. The van der Waals surface area contributed by atoms with Crippen molar-refractivity contribution in [3.8, 4) is 6.07 Å². The van der Waals surface area contributed by atoms with Crippen LogP contribution in [-0.4, -0.2) is 23.5 Å². The zero-order valence-corrected chi connectivity index (χ0v) is 15.9. The summed E-state index contributed by atoms with van der Waals surface area (Å²) >= 11 is 17.7. The predicted molar refractivity (Wildman–Crippen MR) is 95.6 cm³/mol. The van der Waals surface area contributed by atoms with Crippen LogP contribution in [-0.2, 0) is 5.38 Å². The molecule has 0 fully saturated rings. The van der Waals surface area contributed by atoms with Gasteiger partial charge in [-0.15, -0.1) is 0 Å². The first kappa shape index (κ1) is 22.4. The van der Waals surface area contributed by atoms with Crippen LogP contribution in [0.1, 0.15) is 21.6 Å². The van der Waals surface area contributed by atoms with Crippen LogP contribution in [0.25, 0.3) is 0 Å². The smallest absolute Gasteiger partial charge is 0.362 e. The van der Waals surface area contributed by atoms with E-state index in [1.165, 1.54) is 12.1 Å². The lowest BCUT2D eigenvalue weighted by Crippen LogP contribution is -2.20. The third-order valence-corrected chi connectivity index (χ3v) is 5.16. The minimum Gasteiger partial charge on any atom is -0.400 e. The van der Waals surface area contributed by atoms with Gasteiger partial charge in [-0.3, -0.25) is 9.59 Å². The average Bonchev–Trinajstić information content (AvgIpc) is 2.59. The summed E-state index contributed by atoms with van der Waals surface area (Å²) in [5, 5.41) is 12.2. The molecule has 1 heterocycles. The van der Waals surface area contributed by atoms with Crippen molar-refractivity contribution in [1.82, 2.24) is 4.98 Å². The van der Waals surface area contributed by atoms with E-state index in [1.54, 1.807) is 0 Å². The molecule has 138 valence electrons. The fourth-order valence-electron chi connectivity index (χ4n) is 1.72. The Bertz CT molecular complexity index is 924. The zero-order valence-electron chi connectivity index (χ0n) is 12.8. The molecule has 5 nitrogen and oxygen atoms in total. The highest BCUT2D eigenvalue weighted by Gasteiger charge is 2.31. The van der Waals surface area contributed by atoms with Crippen molar-refractivity contribution in [2.45, 2.75) is 15.2 Å². The van der Waals surface area contributed by atoms with Gasteiger partial charge in [0.25, 0.3) is 5.56 Å². The second kappa shape index (κ2) is 9.35. The summed E-state index contributed by atoms with van der Waals surface area (Å²) < 4.78 is 26.5. The van der Waals surface area contributed by atoms with Crippen molar-refractivity contribution in [2.75, 3.05) is 7.11 Å². The number of carbonyl (C=O) groups is 1. The molecule has 0 bridgehead atoms. The minimum atomic E-state index is -3.84. The van der Waals surface area contributed by atoms with Crippen molar-refractivity contribution in [3.05, 3.63) is 55.4 Å². The Balaban J connectivity index is 0.00000163. The van der Waals surface area contributed by atoms with Gasteiger partial charge < -0.3 is 10.1 Å². The van der Waals surface area contributed by atoms with Gasteiger partial charge in [-0.2, -0.15) is 14.0 Å². The van der Waals surface area contributed by atoms with Crippen LogP contribution in [0.15, 0.2) is 32.8 Å². The summed E-state index contributed by atoms with van der Waals surface area (Å²) in [5.74, 6) is 0. The Kier molecular flexibility index (Phi) is 8.06. The molecule has 0 saturated carbocycles. The highest BCUT2D eigenvalue weighted by atomic mass is 35.5. The lowest BCUT2D eigenvalue weighted by Gasteiger charge is -2.13. The van der Waals surface area contributed by atoms with Gasteiger partial charge >= 0.3 is 5.38 Å². The fraction of sp³-hybridized carbons (Fsp3) is 0.133. The number of aliphatic hydroxyl groups is 1. The van der Waals surface area contributed by atoms with Crippen molar-refractivity contribution in [3.63, 3.8) is 0 Å². The van der Waals surface area contributed by atoms with E-state index in [-0.39, 0.29) is 37.2 Å². The third-order valence-electron chi connectivity index (χ3n) is 2.84. The van der Waals surface area contributed by atoms with E-state index in [0.717, 1.165) is 13.2 Å². The molecule has 1 aromatic heterocycles. The van der Waals surface area contributed by atoms with E-state index in [9.17, 15) is 18.4 Å². The molecule has 2 rings (SSSR count). The van der Waals surface area contributed by atoms with Crippen LogP contribution < -0.4 is 5.56 Å². The third kappa shape index (κ3) is 4.96. The van der Waals surface area contributed by atoms with Crippen LogP contribution >= 0.6 is 46.6 Å². The molecular formula is C15H9Cl3F2N2O3S. The molecule has 0 unspecified atom stereocenters. The van der Waals surface area contributed by atoms with Gasteiger partial charge in [-0.1, -0.05) is 35.0 Å². The number of H-pyrrole nitrogens is 1. The zero-order chi connectivity index (χ0) is 20.1. The first-order valence-electron chi connectivity index (χ1n) is 6.49. The van der Waals surface area contributed by atoms with E-state index in [0.29, 0.717) is 11.8 Å². The SMILES string of the molecule is CO.N#Cc1ccc(Cl)c(Sc2cc(C(F)(F)Cl)[nH]c(=O)c2C=O)c1Cl. The van der Waals surface area contributed by atoms with Gasteiger partial charge in [-0.25, -0.2) is 0 Å². The predicted octanol–water partition coefficient (Wildman–Crippen LogP) is 4.41. The lowest BCUT2D eigenvalue weighted by atomic mass is 10.2. The Hall–Kier alpha value is -1.63. The van der Waals surface area contributed by atoms with Crippen molar-refractivity contribution < 1.29 is 18.7 Å². The molecule has 0 saturated heterocycles. The first-order valence-corrected chi connectivity index (χ1v) is 8.44. The monoisotopic (exact) mass is 440 g/mol. The molecule has 2 aromatic rings. The molecule has 0 radical (unpaired) electrons. The van der Waals surface area contributed by atoms with E-state index in [4.69, 9.17) is 45.2 Å². The number of halogens is 5. The number of rotatable bonds is 4. The van der Waals surface area contributed by atoms with E-state index in [1.807, 2.05) is 11.1 Å². The standard InChI is InChI=1S/C14H5Cl3F2N2O2S.CH4O/c15-8-2-1-6(4-20)11(16)12(8)24-9-3-10(14(17,18)19)21-13(23)7(9)5-22;1-2/h1-3,5H,(H,21,23);2H,1H3. The maximum Gasteiger partial charge on any atom is 0.362 e. The number of alkyl halides is 3. The number of aliphatic hydroxyl groups excluding tert-OH is 1.